The molecule has 98 valence electrons. The first-order chi connectivity index (χ1) is 8.66. The molecular formula is C14H18O4. The Balaban J connectivity index is 1.93. The van der Waals surface area contributed by atoms with Crippen molar-refractivity contribution in [3.8, 4) is 5.75 Å². The van der Waals surface area contributed by atoms with Gasteiger partial charge in [-0.1, -0.05) is 17.7 Å². The molecule has 0 aromatic heterocycles. The largest absolute Gasteiger partial charge is 0.493 e. The normalized spacial score (nSPS) is 20.6. The van der Waals surface area contributed by atoms with Crippen LogP contribution in [0.3, 0.4) is 0 Å². The van der Waals surface area contributed by atoms with Crippen LogP contribution >= 0.6 is 0 Å². The molecule has 2 unspecified atom stereocenters. The van der Waals surface area contributed by atoms with Gasteiger partial charge >= 0.3 is 5.97 Å². The van der Waals surface area contributed by atoms with E-state index in [-0.39, 0.29) is 12.5 Å². The maximum absolute atomic E-state index is 11.2. The van der Waals surface area contributed by atoms with Crippen LogP contribution < -0.4 is 4.74 Å². The van der Waals surface area contributed by atoms with Crippen LogP contribution in [0.5, 0.6) is 5.75 Å². The van der Waals surface area contributed by atoms with Gasteiger partial charge in [0.15, 0.2) is 0 Å². The van der Waals surface area contributed by atoms with Gasteiger partial charge in [-0.2, -0.15) is 0 Å². The van der Waals surface area contributed by atoms with Gasteiger partial charge in [0.1, 0.15) is 12.4 Å². The summed E-state index contributed by atoms with van der Waals surface area (Å²) in [5, 5.41) is 9.22. The van der Waals surface area contributed by atoms with Crippen LogP contribution in [0.25, 0.3) is 0 Å². The zero-order valence-electron chi connectivity index (χ0n) is 10.5. The summed E-state index contributed by atoms with van der Waals surface area (Å²) in [4.78, 5) is 11.2. The molecule has 1 aliphatic rings. The molecule has 1 saturated heterocycles. The van der Waals surface area contributed by atoms with Gasteiger partial charge in [0, 0.05) is 12.5 Å². The van der Waals surface area contributed by atoms with Crippen molar-refractivity contribution in [1.82, 2.24) is 0 Å². The number of carboxylic acids is 1. The summed E-state index contributed by atoms with van der Waals surface area (Å²) in [6, 6.07) is 7.62. The van der Waals surface area contributed by atoms with E-state index in [2.05, 4.69) is 0 Å². The summed E-state index contributed by atoms with van der Waals surface area (Å²) in [5.74, 6) is -0.523. The van der Waals surface area contributed by atoms with Crippen molar-refractivity contribution < 1.29 is 19.4 Å². The second-order valence-corrected chi connectivity index (χ2v) is 4.69. The Kier molecular flexibility index (Phi) is 4.20. The van der Waals surface area contributed by atoms with E-state index >= 15 is 0 Å². The van der Waals surface area contributed by atoms with Crippen LogP contribution in [-0.2, 0) is 9.53 Å². The van der Waals surface area contributed by atoms with Crippen molar-refractivity contribution in [3.05, 3.63) is 29.8 Å². The Bertz CT molecular complexity index is 393. The van der Waals surface area contributed by atoms with Gasteiger partial charge in [-0.3, -0.25) is 4.79 Å². The molecule has 0 amide bonds. The standard InChI is InChI=1S/C14H18O4/c1-10-2-4-12(5-3-10)18-9-13(14(15)16)11-6-7-17-8-11/h2-5,11,13H,6-9H2,1H3,(H,15,16). The molecule has 1 aliphatic heterocycles. The van der Waals surface area contributed by atoms with E-state index < -0.39 is 11.9 Å². The number of hydrogen-bond acceptors (Lipinski definition) is 3. The molecule has 4 heteroatoms. The molecule has 4 nitrogen and oxygen atoms in total. The minimum atomic E-state index is -0.808. The van der Waals surface area contributed by atoms with E-state index in [1.54, 1.807) is 0 Å². The van der Waals surface area contributed by atoms with E-state index in [9.17, 15) is 9.90 Å². The number of carbonyl (C=O) groups is 1. The molecule has 0 spiro atoms. The molecule has 1 aromatic rings. The molecule has 0 radical (unpaired) electrons. The van der Waals surface area contributed by atoms with Crippen molar-refractivity contribution >= 4 is 5.97 Å². The molecule has 0 saturated carbocycles. The predicted molar refractivity (Wildman–Crippen MR) is 66.7 cm³/mol. The molecule has 18 heavy (non-hydrogen) atoms. The summed E-state index contributed by atoms with van der Waals surface area (Å²) in [6.45, 7) is 3.37. The Morgan fingerprint density at radius 3 is 2.78 bits per heavy atom. The third kappa shape index (κ3) is 3.23. The van der Waals surface area contributed by atoms with Gasteiger partial charge in [0.2, 0.25) is 0 Å². The highest BCUT2D eigenvalue weighted by Gasteiger charge is 2.31. The van der Waals surface area contributed by atoms with Crippen LogP contribution in [0, 0.1) is 18.8 Å². The highest BCUT2D eigenvalue weighted by Crippen LogP contribution is 2.23. The molecule has 1 aromatic carbocycles. The lowest BCUT2D eigenvalue weighted by atomic mass is 9.92. The van der Waals surface area contributed by atoms with E-state index in [1.165, 1.54) is 0 Å². The Labute approximate surface area is 107 Å². The van der Waals surface area contributed by atoms with Crippen LogP contribution in [0.4, 0.5) is 0 Å². The Morgan fingerprint density at radius 2 is 2.22 bits per heavy atom. The average Bonchev–Trinajstić information content (AvgIpc) is 2.85. The number of hydrogen-bond donors (Lipinski definition) is 1. The number of carboxylic acid groups (broad SMARTS) is 1. The maximum Gasteiger partial charge on any atom is 0.310 e. The van der Waals surface area contributed by atoms with E-state index in [0.717, 1.165) is 12.0 Å². The minimum Gasteiger partial charge on any atom is -0.493 e. The smallest absolute Gasteiger partial charge is 0.310 e. The molecule has 1 heterocycles. The maximum atomic E-state index is 11.2. The Hall–Kier alpha value is -1.55. The fourth-order valence-electron chi connectivity index (χ4n) is 2.10. The highest BCUT2D eigenvalue weighted by molar-refractivity contribution is 5.70. The molecule has 1 fully saturated rings. The van der Waals surface area contributed by atoms with Crippen LogP contribution in [0.15, 0.2) is 24.3 Å². The fourth-order valence-corrected chi connectivity index (χ4v) is 2.10. The van der Waals surface area contributed by atoms with Crippen molar-refractivity contribution in [2.75, 3.05) is 19.8 Å². The summed E-state index contributed by atoms with van der Waals surface area (Å²) in [6.07, 6.45) is 0.800. The zero-order chi connectivity index (χ0) is 13.0. The first kappa shape index (κ1) is 12.9. The fraction of sp³-hybridized carbons (Fsp3) is 0.500. The number of benzene rings is 1. The summed E-state index contributed by atoms with van der Waals surface area (Å²) in [5.41, 5.74) is 1.15. The SMILES string of the molecule is Cc1ccc(OCC(C(=O)O)C2CCOC2)cc1. The minimum absolute atomic E-state index is 0.0629. The van der Waals surface area contributed by atoms with Gasteiger partial charge in [0.25, 0.3) is 0 Å². The monoisotopic (exact) mass is 250 g/mol. The van der Waals surface area contributed by atoms with E-state index in [4.69, 9.17) is 9.47 Å². The molecule has 2 rings (SSSR count). The first-order valence-electron chi connectivity index (χ1n) is 6.17. The number of aryl methyl sites for hydroxylation is 1. The van der Waals surface area contributed by atoms with Crippen molar-refractivity contribution in [2.45, 2.75) is 13.3 Å². The quantitative estimate of drug-likeness (QED) is 0.869. The third-order valence-electron chi connectivity index (χ3n) is 3.30. The van der Waals surface area contributed by atoms with Crippen molar-refractivity contribution in [2.24, 2.45) is 11.8 Å². The van der Waals surface area contributed by atoms with Crippen LogP contribution in [0.1, 0.15) is 12.0 Å². The van der Waals surface area contributed by atoms with Gasteiger partial charge < -0.3 is 14.6 Å². The number of aliphatic carboxylic acids is 1. The molecular weight excluding hydrogens is 232 g/mol. The van der Waals surface area contributed by atoms with Crippen molar-refractivity contribution in [3.63, 3.8) is 0 Å². The van der Waals surface area contributed by atoms with Gasteiger partial charge in [-0.25, -0.2) is 0 Å². The van der Waals surface area contributed by atoms with Gasteiger partial charge in [-0.05, 0) is 25.5 Å². The van der Waals surface area contributed by atoms with E-state index in [1.807, 2.05) is 31.2 Å². The van der Waals surface area contributed by atoms with Crippen LogP contribution in [0.2, 0.25) is 0 Å². The molecule has 0 bridgehead atoms. The van der Waals surface area contributed by atoms with Crippen molar-refractivity contribution in [1.29, 1.82) is 0 Å². The van der Waals surface area contributed by atoms with Crippen LogP contribution in [-0.4, -0.2) is 30.9 Å². The zero-order valence-corrected chi connectivity index (χ0v) is 10.5. The predicted octanol–water partition coefficient (Wildman–Crippen LogP) is 2.11. The lowest BCUT2D eigenvalue weighted by Gasteiger charge is -2.18. The second kappa shape index (κ2) is 5.87. The molecule has 1 N–H and O–H groups in total. The second-order valence-electron chi connectivity index (χ2n) is 4.69. The molecule has 0 aliphatic carbocycles. The highest BCUT2D eigenvalue weighted by atomic mass is 16.5. The average molecular weight is 250 g/mol. The Morgan fingerprint density at radius 1 is 1.50 bits per heavy atom. The summed E-state index contributed by atoms with van der Waals surface area (Å²) >= 11 is 0. The van der Waals surface area contributed by atoms with Gasteiger partial charge in [-0.15, -0.1) is 0 Å². The summed E-state index contributed by atoms with van der Waals surface area (Å²) in [7, 11) is 0. The lowest BCUT2D eigenvalue weighted by molar-refractivity contribution is -0.145. The third-order valence-corrected chi connectivity index (χ3v) is 3.30. The van der Waals surface area contributed by atoms with E-state index in [0.29, 0.717) is 19.0 Å². The summed E-state index contributed by atoms with van der Waals surface area (Å²) < 4.78 is 10.8. The number of ether oxygens (including phenoxy) is 2. The first-order valence-corrected chi connectivity index (χ1v) is 6.17. The van der Waals surface area contributed by atoms with Gasteiger partial charge in [0.05, 0.1) is 12.5 Å². The lowest BCUT2D eigenvalue weighted by Crippen LogP contribution is -2.29. The topological polar surface area (TPSA) is 55.8 Å². The number of rotatable bonds is 5. The molecule has 2 atom stereocenters.